The molecular formula is C5H10FIN2. The van der Waals surface area contributed by atoms with Crippen LogP contribution in [0.4, 0.5) is 4.39 Å². The molecule has 0 amide bonds. The minimum atomic E-state index is -0.781. The summed E-state index contributed by atoms with van der Waals surface area (Å²) in [7, 11) is 0. The van der Waals surface area contributed by atoms with Crippen LogP contribution in [-0.2, 0) is 0 Å². The number of rotatable bonds is 0. The zero-order valence-corrected chi connectivity index (χ0v) is 7.21. The summed E-state index contributed by atoms with van der Waals surface area (Å²) < 4.78 is 14.6. The molecule has 1 rings (SSSR count). The van der Waals surface area contributed by atoms with E-state index in [0.717, 1.165) is 6.54 Å². The standard InChI is InChI=1S/C5H10FIN2/c6-4-1-2-9(7)3-5(4)8/h4-5H,1-3,8H2/t4-,5-/m1/s1. The predicted octanol–water partition coefficient (Wildman–Crippen LogP) is 0.708. The van der Waals surface area contributed by atoms with E-state index in [4.69, 9.17) is 5.73 Å². The molecule has 0 saturated carbocycles. The van der Waals surface area contributed by atoms with Crippen molar-refractivity contribution < 1.29 is 4.39 Å². The molecule has 1 aliphatic heterocycles. The van der Waals surface area contributed by atoms with Crippen molar-refractivity contribution >= 4 is 22.9 Å². The van der Waals surface area contributed by atoms with Gasteiger partial charge in [-0.05, 0) is 6.42 Å². The number of alkyl halides is 1. The Balaban J connectivity index is 2.35. The van der Waals surface area contributed by atoms with Crippen molar-refractivity contribution in [3.8, 4) is 0 Å². The van der Waals surface area contributed by atoms with Gasteiger partial charge in [0.25, 0.3) is 0 Å². The molecule has 0 aromatic heterocycles. The van der Waals surface area contributed by atoms with Crippen LogP contribution in [0.25, 0.3) is 0 Å². The number of hydrogen-bond acceptors (Lipinski definition) is 2. The van der Waals surface area contributed by atoms with Gasteiger partial charge in [-0.15, -0.1) is 0 Å². The van der Waals surface area contributed by atoms with Gasteiger partial charge < -0.3 is 5.73 Å². The molecule has 2 N–H and O–H groups in total. The van der Waals surface area contributed by atoms with Crippen molar-refractivity contribution in [2.24, 2.45) is 5.73 Å². The maximum Gasteiger partial charge on any atom is 0.118 e. The summed E-state index contributed by atoms with van der Waals surface area (Å²) in [6.07, 6.45) is -0.194. The van der Waals surface area contributed by atoms with Crippen molar-refractivity contribution in [1.82, 2.24) is 3.11 Å². The first kappa shape index (κ1) is 7.68. The molecular weight excluding hydrogens is 234 g/mol. The molecule has 0 unspecified atom stereocenters. The Morgan fingerprint density at radius 2 is 2.33 bits per heavy atom. The number of hydrogen-bond donors (Lipinski definition) is 1. The van der Waals surface area contributed by atoms with E-state index in [1.165, 1.54) is 0 Å². The quantitative estimate of drug-likeness (QED) is 0.502. The molecule has 0 bridgehead atoms. The van der Waals surface area contributed by atoms with E-state index in [2.05, 4.69) is 22.9 Å². The smallest absolute Gasteiger partial charge is 0.118 e. The third-order valence-corrected chi connectivity index (χ3v) is 2.40. The molecule has 54 valence electrons. The van der Waals surface area contributed by atoms with E-state index >= 15 is 0 Å². The van der Waals surface area contributed by atoms with Gasteiger partial charge in [-0.2, -0.15) is 0 Å². The van der Waals surface area contributed by atoms with Gasteiger partial charge in [0, 0.05) is 42.0 Å². The zero-order chi connectivity index (χ0) is 6.85. The summed E-state index contributed by atoms with van der Waals surface area (Å²) in [6.45, 7) is 1.51. The van der Waals surface area contributed by atoms with Crippen molar-refractivity contribution in [3.63, 3.8) is 0 Å². The number of piperidine rings is 1. The third-order valence-electron chi connectivity index (χ3n) is 1.52. The Labute approximate surface area is 68.1 Å². The molecule has 0 aliphatic carbocycles. The molecule has 0 aromatic carbocycles. The van der Waals surface area contributed by atoms with Gasteiger partial charge in [-0.3, -0.25) is 0 Å². The minimum Gasteiger partial charge on any atom is -0.324 e. The summed E-state index contributed by atoms with van der Waals surface area (Å²) in [5.74, 6) is 0. The molecule has 4 heteroatoms. The lowest BCUT2D eigenvalue weighted by molar-refractivity contribution is 0.197. The van der Waals surface area contributed by atoms with Gasteiger partial charge in [-0.1, -0.05) is 0 Å². The Kier molecular flexibility index (Phi) is 2.66. The molecule has 2 nitrogen and oxygen atoms in total. The topological polar surface area (TPSA) is 29.3 Å². The zero-order valence-electron chi connectivity index (χ0n) is 5.06. The maximum absolute atomic E-state index is 12.6. The van der Waals surface area contributed by atoms with Crippen LogP contribution in [0.3, 0.4) is 0 Å². The van der Waals surface area contributed by atoms with Crippen LogP contribution in [0.5, 0.6) is 0 Å². The van der Waals surface area contributed by atoms with Crippen molar-refractivity contribution in [2.45, 2.75) is 18.6 Å². The van der Waals surface area contributed by atoms with Crippen LogP contribution < -0.4 is 5.73 Å². The molecule has 1 heterocycles. The monoisotopic (exact) mass is 244 g/mol. The first-order valence-electron chi connectivity index (χ1n) is 3.00. The fourth-order valence-corrected chi connectivity index (χ4v) is 1.65. The normalized spacial score (nSPS) is 39.0. The Morgan fingerprint density at radius 1 is 1.67 bits per heavy atom. The summed E-state index contributed by atoms with van der Waals surface area (Å²) in [5, 5.41) is 0. The first-order chi connectivity index (χ1) is 4.20. The van der Waals surface area contributed by atoms with Gasteiger partial charge in [0.05, 0.1) is 0 Å². The SMILES string of the molecule is N[C@@H]1CN(I)CC[C@H]1F. The predicted molar refractivity (Wildman–Crippen MR) is 43.1 cm³/mol. The van der Waals surface area contributed by atoms with Crippen LogP contribution in [0.2, 0.25) is 0 Å². The van der Waals surface area contributed by atoms with Crippen LogP contribution in [0.15, 0.2) is 0 Å². The summed E-state index contributed by atoms with van der Waals surface area (Å²) >= 11 is 2.17. The van der Waals surface area contributed by atoms with E-state index in [0.29, 0.717) is 13.0 Å². The largest absolute Gasteiger partial charge is 0.324 e. The number of nitrogens with two attached hydrogens (primary N) is 1. The Bertz CT molecular complexity index is 101. The fourth-order valence-electron chi connectivity index (χ4n) is 0.912. The number of nitrogens with zero attached hydrogens (tertiary/aromatic N) is 1. The van der Waals surface area contributed by atoms with Crippen LogP contribution in [0, 0.1) is 0 Å². The summed E-state index contributed by atoms with van der Waals surface area (Å²) in [6, 6.07) is -0.268. The van der Waals surface area contributed by atoms with Gasteiger partial charge in [-0.25, -0.2) is 7.50 Å². The maximum atomic E-state index is 12.6. The van der Waals surface area contributed by atoms with Gasteiger partial charge in [0.15, 0.2) is 0 Å². The highest BCUT2D eigenvalue weighted by Crippen LogP contribution is 2.15. The van der Waals surface area contributed by atoms with Crippen LogP contribution >= 0.6 is 22.9 Å². The second-order valence-electron chi connectivity index (χ2n) is 2.34. The highest BCUT2D eigenvalue weighted by molar-refractivity contribution is 14.1. The average Bonchev–Trinajstić information content (AvgIpc) is 1.80. The lowest BCUT2D eigenvalue weighted by atomic mass is 10.1. The van der Waals surface area contributed by atoms with Gasteiger partial charge >= 0.3 is 0 Å². The lowest BCUT2D eigenvalue weighted by Crippen LogP contribution is -2.45. The molecule has 9 heavy (non-hydrogen) atoms. The van der Waals surface area contributed by atoms with E-state index in [1.54, 1.807) is 0 Å². The number of halogens is 2. The first-order valence-corrected chi connectivity index (χ1v) is 3.97. The Morgan fingerprint density at radius 3 is 2.78 bits per heavy atom. The molecule has 1 saturated heterocycles. The average molecular weight is 244 g/mol. The van der Waals surface area contributed by atoms with Gasteiger partial charge in [0.2, 0.25) is 0 Å². The molecule has 0 aromatic rings. The van der Waals surface area contributed by atoms with Crippen LogP contribution in [0.1, 0.15) is 6.42 Å². The second kappa shape index (κ2) is 3.12. The van der Waals surface area contributed by atoms with E-state index in [9.17, 15) is 4.39 Å². The molecule has 1 aliphatic rings. The highest BCUT2D eigenvalue weighted by atomic mass is 127. The second-order valence-corrected chi connectivity index (χ2v) is 3.70. The van der Waals surface area contributed by atoms with Crippen molar-refractivity contribution in [3.05, 3.63) is 0 Å². The third kappa shape index (κ3) is 2.01. The van der Waals surface area contributed by atoms with E-state index in [1.807, 2.05) is 3.11 Å². The molecule has 0 spiro atoms. The molecule has 0 radical (unpaired) electrons. The fraction of sp³-hybridized carbons (Fsp3) is 1.00. The van der Waals surface area contributed by atoms with Crippen molar-refractivity contribution in [1.29, 1.82) is 0 Å². The summed E-state index contributed by atoms with van der Waals surface area (Å²) in [5.41, 5.74) is 5.45. The molecule has 2 atom stereocenters. The van der Waals surface area contributed by atoms with E-state index in [-0.39, 0.29) is 6.04 Å². The van der Waals surface area contributed by atoms with E-state index < -0.39 is 6.17 Å². The van der Waals surface area contributed by atoms with Crippen LogP contribution in [-0.4, -0.2) is 28.4 Å². The Hall–Kier alpha value is 0.580. The molecule has 1 fully saturated rings. The van der Waals surface area contributed by atoms with Gasteiger partial charge in [0.1, 0.15) is 6.17 Å². The highest BCUT2D eigenvalue weighted by Gasteiger charge is 2.24. The summed E-state index contributed by atoms with van der Waals surface area (Å²) in [4.78, 5) is 0. The lowest BCUT2D eigenvalue weighted by Gasteiger charge is -2.28. The minimum absolute atomic E-state index is 0.268. The van der Waals surface area contributed by atoms with Crippen molar-refractivity contribution in [2.75, 3.05) is 13.1 Å².